The monoisotopic (exact) mass is 468 g/mol. The minimum atomic E-state index is 0. The third kappa shape index (κ3) is 6.28. The average Bonchev–Trinajstić information content (AvgIpc) is 3.15. The van der Waals surface area contributed by atoms with Gasteiger partial charge in [0.05, 0.1) is 11.9 Å². The molecule has 6 nitrogen and oxygen atoms in total. The molecule has 26 heavy (non-hydrogen) atoms. The van der Waals surface area contributed by atoms with Gasteiger partial charge in [-0.05, 0) is 38.1 Å². The normalized spacial score (nSPS) is 15.3. The van der Waals surface area contributed by atoms with Crippen LogP contribution in [0, 0.1) is 0 Å². The summed E-state index contributed by atoms with van der Waals surface area (Å²) in [4.78, 5) is 6.82. The smallest absolute Gasteiger partial charge is 0.191 e. The molecule has 0 amide bonds. The highest BCUT2D eigenvalue weighted by molar-refractivity contribution is 14.0. The van der Waals surface area contributed by atoms with Gasteiger partial charge >= 0.3 is 0 Å². The van der Waals surface area contributed by atoms with Crippen molar-refractivity contribution in [3.05, 3.63) is 48.3 Å². The Labute approximate surface area is 173 Å². The second kappa shape index (κ2) is 11.2. The highest BCUT2D eigenvalue weighted by Gasteiger charge is 2.09. The Hall–Kier alpha value is -1.61. The molecule has 1 aliphatic heterocycles. The predicted molar refractivity (Wildman–Crippen MR) is 117 cm³/mol. The van der Waals surface area contributed by atoms with Crippen LogP contribution in [0.1, 0.15) is 24.8 Å². The maximum absolute atomic E-state index is 4.42. The second-order valence-corrected chi connectivity index (χ2v) is 6.38. The molecular formula is C19H29IN6. The number of rotatable bonds is 6. The van der Waals surface area contributed by atoms with E-state index in [4.69, 9.17) is 0 Å². The minimum Gasteiger partial charge on any atom is -0.355 e. The van der Waals surface area contributed by atoms with Gasteiger partial charge in [0.1, 0.15) is 0 Å². The van der Waals surface area contributed by atoms with E-state index >= 15 is 0 Å². The van der Waals surface area contributed by atoms with Crippen LogP contribution in [0.4, 0.5) is 0 Å². The lowest BCUT2D eigenvalue weighted by molar-refractivity contribution is 0.232. The predicted octanol–water partition coefficient (Wildman–Crippen LogP) is 2.64. The van der Waals surface area contributed by atoms with Crippen LogP contribution in [0.25, 0.3) is 5.69 Å². The SMILES string of the molecule is CN=C(NCCN1CCCCC1)NCc1cnn(-c2ccccc2)c1.I. The quantitative estimate of drug-likeness (QED) is 0.389. The molecule has 142 valence electrons. The molecule has 0 unspecified atom stereocenters. The van der Waals surface area contributed by atoms with Crippen molar-refractivity contribution >= 4 is 29.9 Å². The van der Waals surface area contributed by atoms with E-state index in [-0.39, 0.29) is 24.0 Å². The number of para-hydroxylation sites is 1. The van der Waals surface area contributed by atoms with Crippen LogP contribution in [-0.2, 0) is 6.54 Å². The molecule has 1 aromatic carbocycles. The number of benzene rings is 1. The van der Waals surface area contributed by atoms with Crippen molar-refractivity contribution in [3.63, 3.8) is 0 Å². The number of hydrogen-bond acceptors (Lipinski definition) is 3. The lowest BCUT2D eigenvalue weighted by atomic mass is 10.1. The van der Waals surface area contributed by atoms with Crippen molar-refractivity contribution in [2.45, 2.75) is 25.8 Å². The molecule has 1 saturated heterocycles. The number of halogens is 1. The zero-order valence-electron chi connectivity index (χ0n) is 15.4. The largest absolute Gasteiger partial charge is 0.355 e. The first-order chi connectivity index (χ1) is 12.3. The van der Waals surface area contributed by atoms with Gasteiger partial charge in [-0.25, -0.2) is 4.68 Å². The maximum atomic E-state index is 4.42. The van der Waals surface area contributed by atoms with Crippen molar-refractivity contribution in [2.24, 2.45) is 4.99 Å². The molecular weight excluding hydrogens is 439 g/mol. The lowest BCUT2D eigenvalue weighted by Crippen LogP contribution is -2.42. The van der Waals surface area contributed by atoms with Crippen molar-refractivity contribution in [1.29, 1.82) is 0 Å². The lowest BCUT2D eigenvalue weighted by Gasteiger charge is -2.26. The Morgan fingerprint density at radius 1 is 1.12 bits per heavy atom. The van der Waals surface area contributed by atoms with Crippen LogP contribution in [0.5, 0.6) is 0 Å². The van der Waals surface area contributed by atoms with Gasteiger partial charge in [0.2, 0.25) is 0 Å². The summed E-state index contributed by atoms with van der Waals surface area (Å²) in [5.41, 5.74) is 2.20. The molecule has 2 heterocycles. The first-order valence-electron chi connectivity index (χ1n) is 9.11. The summed E-state index contributed by atoms with van der Waals surface area (Å²) < 4.78 is 1.89. The molecule has 3 rings (SSSR count). The number of aromatic nitrogens is 2. The topological polar surface area (TPSA) is 57.5 Å². The van der Waals surface area contributed by atoms with E-state index in [1.807, 2.05) is 54.5 Å². The fraction of sp³-hybridized carbons (Fsp3) is 0.474. The van der Waals surface area contributed by atoms with Crippen LogP contribution in [-0.4, -0.2) is 53.9 Å². The third-order valence-electron chi connectivity index (χ3n) is 4.51. The molecule has 0 saturated carbocycles. The summed E-state index contributed by atoms with van der Waals surface area (Å²) in [5.74, 6) is 0.837. The molecule has 7 heteroatoms. The van der Waals surface area contributed by atoms with E-state index in [9.17, 15) is 0 Å². The van der Waals surface area contributed by atoms with Crippen molar-refractivity contribution in [1.82, 2.24) is 25.3 Å². The molecule has 0 radical (unpaired) electrons. The number of aliphatic imine (C=N–C) groups is 1. The zero-order chi connectivity index (χ0) is 17.3. The number of piperidine rings is 1. The third-order valence-corrected chi connectivity index (χ3v) is 4.51. The summed E-state index contributed by atoms with van der Waals surface area (Å²) in [6.45, 7) is 5.16. The van der Waals surface area contributed by atoms with Crippen LogP contribution in [0.2, 0.25) is 0 Å². The maximum Gasteiger partial charge on any atom is 0.191 e. The average molecular weight is 468 g/mol. The van der Waals surface area contributed by atoms with Gasteiger partial charge in [0.15, 0.2) is 5.96 Å². The molecule has 0 bridgehead atoms. The highest BCUT2D eigenvalue weighted by atomic mass is 127. The van der Waals surface area contributed by atoms with E-state index in [2.05, 4.69) is 25.6 Å². The van der Waals surface area contributed by atoms with E-state index < -0.39 is 0 Å². The highest BCUT2D eigenvalue weighted by Crippen LogP contribution is 2.08. The van der Waals surface area contributed by atoms with Gasteiger partial charge in [-0.3, -0.25) is 4.99 Å². The summed E-state index contributed by atoms with van der Waals surface area (Å²) in [5, 5.41) is 11.2. The number of guanidine groups is 1. The Morgan fingerprint density at radius 3 is 2.62 bits per heavy atom. The van der Waals surface area contributed by atoms with Gasteiger partial charge in [-0.2, -0.15) is 5.10 Å². The number of likely N-dealkylation sites (tertiary alicyclic amines) is 1. The van der Waals surface area contributed by atoms with Crippen LogP contribution in [0.15, 0.2) is 47.7 Å². The van der Waals surface area contributed by atoms with Gasteiger partial charge in [0.25, 0.3) is 0 Å². The minimum absolute atomic E-state index is 0. The van der Waals surface area contributed by atoms with Gasteiger partial charge in [-0.15, -0.1) is 24.0 Å². The molecule has 1 fully saturated rings. The van der Waals surface area contributed by atoms with Crippen molar-refractivity contribution < 1.29 is 0 Å². The second-order valence-electron chi connectivity index (χ2n) is 6.38. The molecule has 0 spiro atoms. The Bertz CT molecular complexity index is 664. The van der Waals surface area contributed by atoms with Gasteiger partial charge in [0, 0.05) is 38.4 Å². The molecule has 0 aliphatic carbocycles. The van der Waals surface area contributed by atoms with E-state index in [1.165, 1.54) is 32.4 Å². The Kier molecular flexibility index (Phi) is 8.90. The standard InChI is InChI=1S/C19H28N6.HI/c1-20-19(21-10-13-24-11-6-3-7-12-24)22-14-17-15-23-25(16-17)18-8-4-2-5-9-18;/h2,4-5,8-9,15-16H,3,6-7,10-14H2,1H3,(H2,20,21,22);1H. The summed E-state index contributed by atoms with van der Waals surface area (Å²) >= 11 is 0. The van der Waals surface area contributed by atoms with E-state index in [0.29, 0.717) is 6.54 Å². The molecule has 1 aliphatic rings. The van der Waals surface area contributed by atoms with Gasteiger partial charge in [-0.1, -0.05) is 24.6 Å². The Balaban J connectivity index is 0.00000243. The van der Waals surface area contributed by atoms with Crippen molar-refractivity contribution in [2.75, 3.05) is 33.2 Å². The van der Waals surface area contributed by atoms with E-state index in [1.54, 1.807) is 0 Å². The summed E-state index contributed by atoms with van der Waals surface area (Å²) in [6, 6.07) is 10.1. The van der Waals surface area contributed by atoms with Crippen LogP contribution >= 0.6 is 24.0 Å². The van der Waals surface area contributed by atoms with Gasteiger partial charge < -0.3 is 15.5 Å². The number of hydrogen-bond donors (Lipinski definition) is 2. The Morgan fingerprint density at radius 2 is 1.88 bits per heavy atom. The van der Waals surface area contributed by atoms with Crippen LogP contribution < -0.4 is 10.6 Å². The molecule has 2 aromatic rings. The fourth-order valence-electron chi connectivity index (χ4n) is 3.10. The summed E-state index contributed by atoms with van der Waals surface area (Å²) in [7, 11) is 1.81. The van der Waals surface area contributed by atoms with E-state index in [0.717, 1.165) is 30.3 Å². The fourth-order valence-corrected chi connectivity index (χ4v) is 3.10. The number of nitrogens with one attached hydrogen (secondary N) is 2. The summed E-state index contributed by atoms with van der Waals surface area (Å²) in [6.07, 6.45) is 7.98. The number of nitrogens with zero attached hydrogens (tertiary/aromatic N) is 4. The molecule has 2 N–H and O–H groups in total. The molecule has 0 atom stereocenters. The van der Waals surface area contributed by atoms with Crippen molar-refractivity contribution in [3.8, 4) is 5.69 Å². The zero-order valence-corrected chi connectivity index (χ0v) is 17.7. The van der Waals surface area contributed by atoms with Crippen LogP contribution in [0.3, 0.4) is 0 Å². The first kappa shape index (κ1) is 20.7. The molecule has 1 aromatic heterocycles. The first-order valence-corrected chi connectivity index (χ1v) is 9.11.